The first-order valence-electron chi connectivity index (χ1n) is 9.68. The SMILES string of the molecule is CN=C(NCc1nc(C)c(C)o1)NCc1ccc(N2CCOCC2)cc1C(F)(F)F. The number of morpholine rings is 1. The van der Waals surface area contributed by atoms with Gasteiger partial charge in [0.05, 0.1) is 31.0 Å². The molecule has 0 unspecified atom stereocenters. The van der Waals surface area contributed by atoms with E-state index in [4.69, 9.17) is 9.15 Å². The quantitative estimate of drug-likeness (QED) is 0.567. The van der Waals surface area contributed by atoms with Crippen molar-refractivity contribution in [2.45, 2.75) is 33.1 Å². The van der Waals surface area contributed by atoms with Gasteiger partial charge in [-0.1, -0.05) is 6.07 Å². The van der Waals surface area contributed by atoms with Crippen LogP contribution < -0.4 is 15.5 Å². The number of aryl methyl sites for hydroxylation is 2. The Labute approximate surface area is 173 Å². The molecule has 2 N–H and O–H groups in total. The number of benzene rings is 1. The van der Waals surface area contributed by atoms with Crippen molar-refractivity contribution in [2.75, 3.05) is 38.3 Å². The third kappa shape index (κ3) is 5.44. The highest BCUT2D eigenvalue weighted by atomic mass is 19.4. The fourth-order valence-electron chi connectivity index (χ4n) is 3.17. The number of hydrogen-bond donors (Lipinski definition) is 2. The second kappa shape index (κ2) is 9.38. The van der Waals surface area contributed by atoms with E-state index in [0.717, 1.165) is 11.5 Å². The number of guanidine groups is 1. The Balaban J connectivity index is 1.68. The second-order valence-electron chi connectivity index (χ2n) is 6.97. The molecule has 0 aliphatic carbocycles. The molecule has 1 fully saturated rings. The predicted octanol–water partition coefficient (Wildman–Crippen LogP) is 3.01. The highest BCUT2D eigenvalue weighted by Crippen LogP contribution is 2.35. The first-order valence-corrected chi connectivity index (χ1v) is 9.68. The highest BCUT2D eigenvalue weighted by Gasteiger charge is 2.34. The maximum absolute atomic E-state index is 13.7. The van der Waals surface area contributed by atoms with Crippen LogP contribution in [0.3, 0.4) is 0 Å². The molecule has 0 amide bonds. The smallest absolute Gasteiger partial charge is 0.416 e. The molecule has 0 bridgehead atoms. The van der Waals surface area contributed by atoms with Gasteiger partial charge in [-0.05, 0) is 31.5 Å². The molecule has 2 heterocycles. The number of ether oxygens (including phenoxy) is 1. The van der Waals surface area contributed by atoms with Crippen LogP contribution in [0.1, 0.15) is 28.5 Å². The van der Waals surface area contributed by atoms with Crippen LogP contribution in [0.25, 0.3) is 0 Å². The molecule has 30 heavy (non-hydrogen) atoms. The summed E-state index contributed by atoms with van der Waals surface area (Å²) >= 11 is 0. The van der Waals surface area contributed by atoms with Crippen LogP contribution in [0.2, 0.25) is 0 Å². The maximum atomic E-state index is 13.7. The summed E-state index contributed by atoms with van der Waals surface area (Å²) in [6, 6.07) is 4.43. The minimum absolute atomic E-state index is 0.0262. The molecule has 1 aliphatic rings. The number of hydrogen-bond acceptors (Lipinski definition) is 5. The monoisotopic (exact) mass is 425 g/mol. The van der Waals surface area contributed by atoms with Crippen molar-refractivity contribution in [1.29, 1.82) is 0 Å². The summed E-state index contributed by atoms with van der Waals surface area (Å²) < 4.78 is 51.8. The van der Waals surface area contributed by atoms with Crippen molar-refractivity contribution in [1.82, 2.24) is 15.6 Å². The lowest BCUT2D eigenvalue weighted by Crippen LogP contribution is -2.37. The standard InChI is InChI=1S/C20H26F3N5O2/c1-13-14(2)30-18(27-13)12-26-19(24-3)25-11-15-4-5-16(10-17(15)20(21,22)23)28-6-8-29-9-7-28/h4-5,10H,6-9,11-12H2,1-3H3,(H2,24,25,26). The van der Waals surface area contributed by atoms with Crippen LogP contribution in [-0.2, 0) is 24.0 Å². The Hall–Kier alpha value is -2.75. The van der Waals surface area contributed by atoms with Gasteiger partial charge in [0, 0.05) is 32.4 Å². The Morgan fingerprint density at radius 1 is 1.17 bits per heavy atom. The highest BCUT2D eigenvalue weighted by molar-refractivity contribution is 5.79. The van der Waals surface area contributed by atoms with Crippen molar-refractivity contribution in [2.24, 2.45) is 4.99 Å². The summed E-state index contributed by atoms with van der Waals surface area (Å²) in [4.78, 5) is 10.2. The van der Waals surface area contributed by atoms with Gasteiger partial charge in [-0.25, -0.2) is 4.98 Å². The van der Waals surface area contributed by atoms with E-state index in [9.17, 15) is 13.2 Å². The maximum Gasteiger partial charge on any atom is 0.416 e. The van der Waals surface area contributed by atoms with Gasteiger partial charge in [0.1, 0.15) is 5.76 Å². The summed E-state index contributed by atoms with van der Waals surface area (Å²) in [6.45, 7) is 6.08. The molecule has 10 heteroatoms. The predicted molar refractivity (Wildman–Crippen MR) is 107 cm³/mol. The Morgan fingerprint density at radius 3 is 2.47 bits per heavy atom. The zero-order chi connectivity index (χ0) is 21.7. The van der Waals surface area contributed by atoms with E-state index in [0.29, 0.717) is 43.8 Å². The van der Waals surface area contributed by atoms with Crippen molar-refractivity contribution < 1.29 is 22.3 Å². The summed E-state index contributed by atoms with van der Waals surface area (Å²) in [5, 5.41) is 5.92. The molecule has 164 valence electrons. The van der Waals surface area contributed by atoms with E-state index in [1.54, 1.807) is 13.1 Å². The number of anilines is 1. The molecule has 3 rings (SSSR count). The largest absolute Gasteiger partial charge is 0.444 e. The molecule has 0 atom stereocenters. The van der Waals surface area contributed by atoms with Crippen molar-refractivity contribution in [3.8, 4) is 0 Å². The molecule has 7 nitrogen and oxygen atoms in total. The van der Waals surface area contributed by atoms with Gasteiger partial charge in [-0.2, -0.15) is 13.2 Å². The van der Waals surface area contributed by atoms with E-state index in [2.05, 4.69) is 20.6 Å². The van der Waals surface area contributed by atoms with Crippen molar-refractivity contribution in [3.05, 3.63) is 46.7 Å². The van der Waals surface area contributed by atoms with Crippen LogP contribution in [-0.4, -0.2) is 44.3 Å². The number of rotatable bonds is 5. The molecule has 2 aromatic rings. The van der Waals surface area contributed by atoms with E-state index >= 15 is 0 Å². The van der Waals surface area contributed by atoms with Crippen LogP contribution in [0, 0.1) is 13.8 Å². The third-order valence-corrected chi connectivity index (χ3v) is 4.92. The van der Waals surface area contributed by atoms with E-state index in [-0.39, 0.29) is 18.7 Å². The molecule has 1 aromatic heterocycles. The number of nitrogens with one attached hydrogen (secondary N) is 2. The molecular weight excluding hydrogens is 399 g/mol. The fraction of sp³-hybridized carbons (Fsp3) is 0.500. The zero-order valence-electron chi connectivity index (χ0n) is 17.3. The first kappa shape index (κ1) is 21.9. The van der Waals surface area contributed by atoms with Gasteiger partial charge in [-0.3, -0.25) is 4.99 Å². The van der Waals surface area contributed by atoms with E-state index < -0.39 is 11.7 Å². The molecule has 1 saturated heterocycles. The number of aliphatic imine (C=N–C) groups is 1. The summed E-state index contributed by atoms with van der Waals surface area (Å²) in [6.07, 6.45) is -4.45. The van der Waals surface area contributed by atoms with Gasteiger partial charge in [0.15, 0.2) is 5.96 Å². The Kier molecular flexibility index (Phi) is 6.86. The normalized spacial score (nSPS) is 15.4. The topological polar surface area (TPSA) is 74.9 Å². The molecular formula is C20H26F3N5O2. The van der Waals surface area contributed by atoms with E-state index in [1.807, 2.05) is 18.7 Å². The molecule has 1 aromatic carbocycles. The van der Waals surface area contributed by atoms with Crippen LogP contribution in [0.5, 0.6) is 0 Å². The molecule has 0 radical (unpaired) electrons. The van der Waals surface area contributed by atoms with Crippen LogP contribution in [0.4, 0.5) is 18.9 Å². The van der Waals surface area contributed by atoms with Crippen LogP contribution >= 0.6 is 0 Å². The summed E-state index contributed by atoms with van der Waals surface area (Å²) in [7, 11) is 1.55. The van der Waals surface area contributed by atoms with Gasteiger partial charge in [-0.15, -0.1) is 0 Å². The number of alkyl halides is 3. The average molecular weight is 425 g/mol. The average Bonchev–Trinajstić information content (AvgIpc) is 3.05. The minimum Gasteiger partial charge on any atom is -0.444 e. The zero-order valence-corrected chi connectivity index (χ0v) is 17.3. The van der Waals surface area contributed by atoms with E-state index in [1.165, 1.54) is 12.1 Å². The molecule has 0 saturated carbocycles. The Morgan fingerprint density at radius 2 is 1.87 bits per heavy atom. The van der Waals surface area contributed by atoms with Gasteiger partial charge < -0.3 is 24.7 Å². The second-order valence-corrected chi connectivity index (χ2v) is 6.97. The fourth-order valence-corrected chi connectivity index (χ4v) is 3.17. The lowest BCUT2D eigenvalue weighted by atomic mass is 10.0. The van der Waals surface area contributed by atoms with Gasteiger partial charge in [0.25, 0.3) is 0 Å². The summed E-state index contributed by atoms with van der Waals surface area (Å²) in [5.41, 5.74) is 0.829. The first-order chi connectivity index (χ1) is 14.3. The van der Waals surface area contributed by atoms with Crippen LogP contribution in [0.15, 0.2) is 27.6 Å². The van der Waals surface area contributed by atoms with Gasteiger partial charge >= 0.3 is 6.18 Å². The lowest BCUT2D eigenvalue weighted by Gasteiger charge is -2.29. The van der Waals surface area contributed by atoms with Gasteiger partial charge in [0.2, 0.25) is 5.89 Å². The summed E-state index contributed by atoms with van der Waals surface area (Å²) in [5.74, 6) is 1.57. The van der Waals surface area contributed by atoms with Crippen molar-refractivity contribution >= 4 is 11.6 Å². The lowest BCUT2D eigenvalue weighted by molar-refractivity contribution is -0.138. The number of nitrogens with zero attached hydrogens (tertiary/aromatic N) is 3. The number of oxazole rings is 1. The van der Waals surface area contributed by atoms with Crippen molar-refractivity contribution in [3.63, 3.8) is 0 Å². The molecule has 1 aliphatic heterocycles. The molecule has 0 spiro atoms. The third-order valence-electron chi connectivity index (χ3n) is 4.92. The number of aromatic nitrogens is 1. The number of halogens is 3. The Bertz CT molecular complexity index is 870. The minimum atomic E-state index is -4.45.